The average molecular weight is 531 g/mol. The van der Waals surface area contributed by atoms with Crippen molar-refractivity contribution in [1.29, 1.82) is 0 Å². The van der Waals surface area contributed by atoms with Crippen LogP contribution < -0.4 is 0 Å². The van der Waals surface area contributed by atoms with E-state index in [2.05, 4.69) is 109 Å². The molecule has 4 aliphatic carbocycles. The van der Waals surface area contributed by atoms with Crippen molar-refractivity contribution in [3.63, 3.8) is 0 Å². The lowest BCUT2D eigenvalue weighted by Crippen LogP contribution is -1.93. The van der Waals surface area contributed by atoms with Crippen LogP contribution in [0.4, 0.5) is 0 Å². The van der Waals surface area contributed by atoms with Gasteiger partial charge in [-0.2, -0.15) is 0 Å². The quantitative estimate of drug-likeness (QED) is 0.183. The Labute approximate surface area is 244 Å². The zero-order valence-corrected chi connectivity index (χ0v) is 23.2. The van der Waals surface area contributed by atoms with Crippen LogP contribution in [-0.2, 0) is 25.7 Å². The van der Waals surface area contributed by atoms with Gasteiger partial charge in [0.05, 0.1) is 0 Å². The first-order valence-electron chi connectivity index (χ1n) is 15.3. The Morgan fingerprint density at radius 3 is 1.50 bits per heavy atom. The van der Waals surface area contributed by atoms with Gasteiger partial charge in [-0.05, 0) is 148 Å². The van der Waals surface area contributed by atoms with E-state index in [0.29, 0.717) is 0 Å². The predicted octanol–water partition coefficient (Wildman–Crippen LogP) is 10.3. The molecule has 194 valence electrons. The molecular weight excluding hydrogens is 504 g/mol. The third kappa shape index (κ3) is 2.60. The third-order valence-electron chi connectivity index (χ3n) is 10.8. The zero-order valence-electron chi connectivity index (χ0n) is 23.2. The summed E-state index contributed by atoms with van der Waals surface area (Å²) in [5, 5.41) is 5.46. The summed E-state index contributed by atoms with van der Waals surface area (Å²) < 4.78 is 0. The maximum atomic E-state index is 2.54. The van der Waals surface area contributed by atoms with Gasteiger partial charge in [0.2, 0.25) is 0 Å². The predicted molar refractivity (Wildman–Crippen MR) is 174 cm³/mol. The van der Waals surface area contributed by atoms with Crippen molar-refractivity contribution >= 4 is 21.5 Å². The molecule has 0 saturated carbocycles. The highest BCUT2D eigenvalue weighted by atomic mass is 14.4. The molecule has 0 nitrogen and oxygen atoms in total. The van der Waals surface area contributed by atoms with Crippen LogP contribution in [0.25, 0.3) is 66.1 Å². The van der Waals surface area contributed by atoms with E-state index in [1.807, 2.05) is 0 Å². The first kappa shape index (κ1) is 21.8. The topological polar surface area (TPSA) is 0 Å². The van der Waals surface area contributed by atoms with Crippen molar-refractivity contribution in [3.8, 4) is 44.5 Å². The first-order chi connectivity index (χ1) is 20.8. The van der Waals surface area contributed by atoms with E-state index in [1.165, 1.54) is 88.3 Å². The van der Waals surface area contributed by atoms with Crippen molar-refractivity contribution in [2.75, 3.05) is 0 Å². The molecule has 4 aliphatic rings. The monoisotopic (exact) mass is 530 g/mol. The van der Waals surface area contributed by atoms with E-state index in [9.17, 15) is 0 Å². The normalized spacial score (nSPS) is 14.3. The summed E-state index contributed by atoms with van der Waals surface area (Å²) in [6.07, 6.45) is 4.19. The second-order valence-corrected chi connectivity index (χ2v) is 12.8. The Kier molecular flexibility index (Phi) is 3.87. The van der Waals surface area contributed by atoms with Crippen LogP contribution in [-0.4, -0.2) is 0 Å². The molecule has 0 aromatic heterocycles. The molecule has 0 heteroatoms. The summed E-state index contributed by atoms with van der Waals surface area (Å²) in [5.74, 6) is 0. The molecule has 0 saturated heterocycles. The minimum Gasteiger partial charge on any atom is -0.0616 e. The van der Waals surface area contributed by atoms with E-state index in [-0.39, 0.29) is 0 Å². The van der Waals surface area contributed by atoms with Crippen LogP contribution in [0.2, 0.25) is 0 Å². The molecule has 7 aromatic rings. The molecule has 0 spiro atoms. The molecule has 7 aromatic carbocycles. The summed E-state index contributed by atoms with van der Waals surface area (Å²) in [4.78, 5) is 0. The fourth-order valence-electron chi connectivity index (χ4n) is 8.98. The van der Waals surface area contributed by atoms with Crippen molar-refractivity contribution in [2.24, 2.45) is 0 Å². The molecule has 0 fully saturated rings. The lowest BCUT2D eigenvalue weighted by molar-refractivity contribution is 1.13. The van der Waals surface area contributed by atoms with Gasteiger partial charge in [0, 0.05) is 0 Å². The van der Waals surface area contributed by atoms with Gasteiger partial charge in [-0.15, -0.1) is 0 Å². The minimum atomic E-state index is 1.04. The molecule has 0 radical (unpaired) electrons. The lowest BCUT2D eigenvalue weighted by atomic mass is 9.94. The van der Waals surface area contributed by atoms with Crippen LogP contribution in [0.3, 0.4) is 0 Å². The van der Waals surface area contributed by atoms with Gasteiger partial charge in [0.1, 0.15) is 0 Å². The maximum Gasteiger partial charge on any atom is -0.000730 e. The maximum absolute atomic E-state index is 2.54. The standard InChI is InChI=1S/C42H26/c1-3-7-29-23(5-1)10-12-26-18-38-34(41(26)29)16-15-32-31-13-14-33-35-19-27-17-25-11-9-24-6-2-4-8-30(24)42(25)36(27)20-28(35)21-37(33)39(31)22-40(32)38/h1-16,19-20H,17-18,21-22H2. The van der Waals surface area contributed by atoms with Gasteiger partial charge in [0.25, 0.3) is 0 Å². The van der Waals surface area contributed by atoms with E-state index in [4.69, 9.17) is 0 Å². The molecule has 0 N–H and O–H groups in total. The molecule has 0 amide bonds. The SMILES string of the molecule is c1ccc2c3c(ccc2c1)Cc1cc2c(cc1-3)Cc1c-2ccc2c1Cc1c-2ccc2c1Cc1ccc3ccccc3c1-2. The van der Waals surface area contributed by atoms with Gasteiger partial charge >= 0.3 is 0 Å². The van der Waals surface area contributed by atoms with Crippen LogP contribution in [0.15, 0.2) is 109 Å². The van der Waals surface area contributed by atoms with Gasteiger partial charge < -0.3 is 0 Å². The average Bonchev–Trinajstić information content (AvgIpc) is 3.79. The summed E-state index contributed by atoms with van der Waals surface area (Å²) >= 11 is 0. The van der Waals surface area contributed by atoms with Crippen molar-refractivity contribution in [1.82, 2.24) is 0 Å². The highest BCUT2D eigenvalue weighted by Gasteiger charge is 2.33. The number of rotatable bonds is 0. The summed E-state index contributed by atoms with van der Waals surface area (Å²) in [6.45, 7) is 0. The van der Waals surface area contributed by atoms with Crippen molar-refractivity contribution < 1.29 is 0 Å². The summed E-state index contributed by atoms with van der Waals surface area (Å²) in [7, 11) is 0. The van der Waals surface area contributed by atoms with E-state index in [1.54, 1.807) is 22.3 Å². The first-order valence-corrected chi connectivity index (χ1v) is 15.3. The molecule has 0 atom stereocenters. The van der Waals surface area contributed by atoms with Crippen LogP contribution in [0.1, 0.15) is 44.5 Å². The van der Waals surface area contributed by atoms with E-state index >= 15 is 0 Å². The van der Waals surface area contributed by atoms with Gasteiger partial charge in [-0.1, -0.05) is 97.1 Å². The number of hydrogen-bond acceptors (Lipinski definition) is 0. The van der Waals surface area contributed by atoms with Crippen molar-refractivity contribution in [2.45, 2.75) is 25.7 Å². The van der Waals surface area contributed by atoms with Gasteiger partial charge in [0.15, 0.2) is 0 Å². The number of hydrogen-bond donors (Lipinski definition) is 0. The smallest absolute Gasteiger partial charge is 0.000730 e. The fourth-order valence-corrected chi connectivity index (χ4v) is 8.98. The molecule has 0 aliphatic heterocycles. The summed E-state index contributed by atoms with van der Waals surface area (Å²) in [5.41, 5.74) is 23.9. The Morgan fingerprint density at radius 1 is 0.310 bits per heavy atom. The molecule has 0 unspecified atom stereocenters. The highest BCUT2D eigenvalue weighted by molar-refractivity contribution is 6.04. The van der Waals surface area contributed by atoms with E-state index in [0.717, 1.165) is 25.7 Å². The molecular formula is C42H26. The molecule has 42 heavy (non-hydrogen) atoms. The van der Waals surface area contributed by atoms with E-state index < -0.39 is 0 Å². The Balaban J connectivity index is 1.04. The van der Waals surface area contributed by atoms with Gasteiger partial charge in [-0.3, -0.25) is 0 Å². The van der Waals surface area contributed by atoms with Crippen LogP contribution in [0.5, 0.6) is 0 Å². The van der Waals surface area contributed by atoms with Crippen molar-refractivity contribution in [3.05, 3.63) is 154 Å². The second-order valence-electron chi connectivity index (χ2n) is 12.8. The number of benzene rings is 7. The summed E-state index contributed by atoms with van der Waals surface area (Å²) in [6, 6.07) is 41.8. The highest BCUT2D eigenvalue weighted by Crippen LogP contribution is 2.53. The molecule has 0 bridgehead atoms. The Bertz CT molecular complexity index is 2400. The molecule has 0 heterocycles. The molecule has 11 rings (SSSR count). The second kappa shape index (κ2) is 7.46. The minimum absolute atomic E-state index is 1.04. The Morgan fingerprint density at radius 2 is 0.786 bits per heavy atom. The van der Waals surface area contributed by atoms with Crippen LogP contribution in [0, 0.1) is 0 Å². The zero-order chi connectivity index (χ0) is 27.1. The largest absolute Gasteiger partial charge is 0.0616 e. The third-order valence-corrected chi connectivity index (χ3v) is 10.8. The van der Waals surface area contributed by atoms with Crippen LogP contribution >= 0.6 is 0 Å². The fraction of sp³-hybridized carbons (Fsp3) is 0.0952. The lowest BCUT2D eigenvalue weighted by Gasteiger charge is -2.10. The Hall–Kier alpha value is -4.94. The number of fused-ring (bicyclic) bond motifs is 18. The van der Waals surface area contributed by atoms with Gasteiger partial charge in [-0.25, -0.2) is 0 Å².